The van der Waals surface area contributed by atoms with Gasteiger partial charge in [-0.1, -0.05) is 11.2 Å². The summed E-state index contributed by atoms with van der Waals surface area (Å²) in [5.41, 5.74) is 5.84. The van der Waals surface area contributed by atoms with Crippen LogP contribution in [0.25, 0.3) is 0 Å². The van der Waals surface area contributed by atoms with Gasteiger partial charge in [0.2, 0.25) is 0 Å². The summed E-state index contributed by atoms with van der Waals surface area (Å²) < 4.78 is 0. The van der Waals surface area contributed by atoms with E-state index in [1.54, 1.807) is 18.2 Å². The lowest BCUT2D eigenvalue weighted by Gasteiger charge is -2.24. The number of aromatic nitrogens is 1. The molecule has 0 amide bonds. The zero-order chi connectivity index (χ0) is 12.1. The summed E-state index contributed by atoms with van der Waals surface area (Å²) in [6, 6.07) is 5.15. The molecular formula is C10H16N4O2. The molecule has 0 aliphatic heterocycles. The predicted octanol–water partition coefficient (Wildman–Crippen LogP) is -0.00690. The molecule has 6 nitrogen and oxygen atoms in total. The summed E-state index contributed by atoms with van der Waals surface area (Å²) in [5, 5.41) is 20.5. The van der Waals surface area contributed by atoms with Gasteiger partial charge in [0.15, 0.2) is 5.84 Å². The minimum atomic E-state index is -0.0463. The Morgan fingerprint density at radius 1 is 1.62 bits per heavy atom. The number of nitrogens with two attached hydrogens (primary N) is 1. The molecule has 1 unspecified atom stereocenters. The Kier molecular flexibility index (Phi) is 4.07. The van der Waals surface area contributed by atoms with Gasteiger partial charge in [-0.05, 0) is 19.1 Å². The van der Waals surface area contributed by atoms with Gasteiger partial charge in [-0.25, -0.2) is 4.98 Å². The van der Waals surface area contributed by atoms with Crippen molar-refractivity contribution in [3.63, 3.8) is 0 Å². The lowest BCUT2D eigenvalue weighted by Crippen LogP contribution is -2.32. The number of nitrogens with zero attached hydrogens (tertiary/aromatic N) is 3. The Balaban J connectivity index is 2.98. The Labute approximate surface area is 94.0 Å². The van der Waals surface area contributed by atoms with Crippen LogP contribution in [0.4, 0.5) is 5.82 Å². The van der Waals surface area contributed by atoms with Gasteiger partial charge < -0.3 is 20.9 Å². The molecule has 1 aromatic rings. The number of amidine groups is 1. The molecule has 16 heavy (non-hydrogen) atoms. The summed E-state index contributed by atoms with van der Waals surface area (Å²) in [6.45, 7) is 1.91. The Morgan fingerprint density at radius 3 is 2.88 bits per heavy atom. The third kappa shape index (κ3) is 2.60. The Hall–Kier alpha value is -1.82. The molecule has 0 radical (unpaired) electrons. The molecule has 0 aromatic carbocycles. The van der Waals surface area contributed by atoms with Crippen LogP contribution in [0, 0.1) is 0 Å². The normalized spacial score (nSPS) is 13.6. The quantitative estimate of drug-likeness (QED) is 0.289. The topological polar surface area (TPSA) is 95.0 Å². The highest BCUT2D eigenvalue weighted by Crippen LogP contribution is 2.12. The minimum absolute atomic E-state index is 0.0337. The van der Waals surface area contributed by atoms with Crippen molar-refractivity contribution < 1.29 is 10.3 Å². The van der Waals surface area contributed by atoms with E-state index in [-0.39, 0.29) is 18.5 Å². The third-order valence-electron chi connectivity index (χ3n) is 2.39. The second kappa shape index (κ2) is 5.32. The number of anilines is 1. The summed E-state index contributed by atoms with van der Waals surface area (Å²) in [7, 11) is 1.82. The highest BCUT2D eigenvalue weighted by atomic mass is 16.4. The standard InChI is InChI=1S/C10H16N4O2/c1-7(6-15)14(2)9-5-3-4-8(12-9)10(11)13-16/h3-5,7,15-16H,6H2,1-2H3,(H2,11,13). The van der Waals surface area contributed by atoms with Crippen molar-refractivity contribution in [3.05, 3.63) is 23.9 Å². The molecule has 0 spiro atoms. The minimum Gasteiger partial charge on any atom is -0.409 e. The molecule has 88 valence electrons. The summed E-state index contributed by atoms with van der Waals surface area (Å²) in [4.78, 5) is 6.03. The van der Waals surface area contributed by atoms with Crippen molar-refractivity contribution in [2.45, 2.75) is 13.0 Å². The highest BCUT2D eigenvalue weighted by Gasteiger charge is 2.11. The Morgan fingerprint density at radius 2 is 2.31 bits per heavy atom. The average molecular weight is 224 g/mol. The first-order chi connectivity index (χ1) is 7.60. The number of oxime groups is 1. The number of hydrogen-bond acceptors (Lipinski definition) is 5. The zero-order valence-corrected chi connectivity index (χ0v) is 9.33. The van der Waals surface area contributed by atoms with E-state index in [2.05, 4.69) is 10.1 Å². The van der Waals surface area contributed by atoms with Crippen molar-refractivity contribution in [1.29, 1.82) is 0 Å². The van der Waals surface area contributed by atoms with E-state index in [1.807, 2.05) is 18.9 Å². The molecule has 1 rings (SSSR count). The van der Waals surface area contributed by atoms with Crippen molar-refractivity contribution >= 4 is 11.7 Å². The largest absolute Gasteiger partial charge is 0.409 e. The molecular weight excluding hydrogens is 208 g/mol. The second-order valence-corrected chi connectivity index (χ2v) is 3.51. The van der Waals surface area contributed by atoms with E-state index in [0.717, 1.165) is 0 Å². The number of likely N-dealkylation sites (N-methyl/N-ethyl adjacent to an activating group) is 1. The van der Waals surface area contributed by atoms with E-state index in [9.17, 15) is 0 Å². The third-order valence-corrected chi connectivity index (χ3v) is 2.39. The van der Waals surface area contributed by atoms with Crippen LogP contribution in [0.3, 0.4) is 0 Å². The average Bonchev–Trinajstić information content (AvgIpc) is 2.36. The molecule has 0 aliphatic rings. The predicted molar refractivity (Wildman–Crippen MR) is 61.7 cm³/mol. The van der Waals surface area contributed by atoms with E-state index < -0.39 is 0 Å². The first-order valence-electron chi connectivity index (χ1n) is 4.88. The fourth-order valence-corrected chi connectivity index (χ4v) is 1.16. The van der Waals surface area contributed by atoms with Gasteiger partial charge in [0.25, 0.3) is 0 Å². The summed E-state index contributed by atoms with van der Waals surface area (Å²) in [5.74, 6) is 0.623. The molecule has 0 saturated heterocycles. The van der Waals surface area contributed by atoms with Crippen LogP contribution >= 0.6 is 0 Å². The molecule has 0 fully saturated rings. The maximum atomic E-state index is 9.03. The van der Waals surface area contributed by atoms with Crippen LogP contribution in [0.2, 0.25) is 0 Å². The fraction of sp³-hybridized carbons (Fsp3) is 0.400. The van der Waals surface area contributed by atoms with Crippen molar-refractivity contribution in [1.82, 2.24) is 4.98 Å². The number of rotatable bonds is 4. The van der Waals surface area contributed by atoms with Gasteiger partial charge in [-0.2, -0.15) is 0 Å². The molecule has 0 saturated carbocycles. The van der Waals surface area contributed by atoms with Crippen LogP contribution in [0.15, 0.2) is 23.4 Å². The molecule has 4 N–H and O–H groups in total. The molecule has 1 atom stereocenters. The molecule has 6 heteroatoms. The summed E-state index contributed by atoms with van der Waals surface area (Å²) in [6.07, 6.45) is 0. The number of hydrogen-bond donors (Lipinski definition) is 3. The van der Waals surface area contributed by atoms with E-state index >= 15 is 0 Å². The van der Waals surface area contributed by atoms with Gasteiger partial charge in [0.1, 0.15) is 11.5 Å². The van der Waals surface area contributed by atoms with Gasteiger partial charge in [-0.3, -0.25) is 0 Å². The van der Waals surface area contributed by atoms with Crippen LogP contribution in [0.1, 0.15) is 12.6 Å². The SMILES string of the molecule is CC(CO)N(C)c1cccc(/C(N)=N/O)n1. The lowest BCUT2D eigenvalue weighted by atomic mass is 10.3. The van der Waals surface area contributed by atoms with Crippen LogP contribution in [-0.4, -0.2) is 40.8 Å². The van der Waals surface area contributed by atoms with Crippen molar-refractivity contribution in [2.75, 3.05) is 18.6 Å². The molecule has 1 heterocycles. The van der Waals surface area contributed by atoms with Gasteiger partial charge in [-0.15, -0.1) is 0 Å². The molecule has 0 aliphatic carbocycles. The number of aliphatic hydroxyl groups is 1. The smallest absolute Gasteiger partial charge is 0.188 e. The van der Waals surface area contributed by atoms with Gasteiger partial charge >= 0.3 is 0 Å². The van der Waals surface area contributed by atoms with Gasteiger partial charge in [0.05, 0.1) is 12.6 Å². The van der Waals surface area contributed by atoms with E-state index in [1.165, 1.54) is 0 Å². The number of aliphatic hydroxyl groups excluding tert-OH is 1. The van der Waals surface area contributed by atoms with E-state index in [4.69, 9.17) is 16.0 Å². The van der Waals surface area contributed by atoms with Crippen LogP contribution in [0.5, 0.6) is 0 Å². The van der Waals surface area contributed by atoms with Crippen molar-refractivity contribution in [2.24, 2.45) is 10.9 Å². The Bertz CT molecular complexity index is 381. The lowest BCUT2D eigenvalue weighted by molar-refractivity contribution is 0.270. The van der Waals surface area contributed by atoms with Crippen molar-refractivity contribution in [3.8, 4) is 0 Å². The van der Waals surface area contributed by atoms with Crippen LogP contribution < -0.4 is 10.6 Å². The van der Waals surface area contributed by atoms with Gasteiger partial charge in [0, 0.05) is 7.05 Å². The second-order valence-electron chi connectivity index (χ2n) is 3.51. The van der Waals surface area contributed by atoms with E-state index in [0.29, 0.717) is 11.5 Å². The van der Waals surface area contributed by atoms with Crippen LogP contribution in [-0.2, 0) is 0 Å². The first-order valence-corrected chi connectivity index (χ1v) is 4.88. The summed E-state index contributed by atoms with van der Waals surface area (Å²) >= 11 is 0. The highest BCUT2D eigenvalue weighted by molar-refractivity contribution is 5.95. The molecule has 0 bridgehead atoms. The zero-order valence-electron chi connectivity index (χ0n) is 9.33. The number of pyridine rings is 1. The first kappa shape index (κ1) is 12.3. The maximum Gasteiger partial charge on any atom is 0.188 e. The monoisotopic (exact) mass is 224 g/mol. The molecule has 1 aromatic heterocycles. The fourth-order valence-electron chi connectivity index (χ4n) is 1.16. The maximum absolute atomic E-state index is 9.03.